The van der Waals surface area contributed by atoms with Crippen LogP contribution < -0.4 is 11.3 Å². The third-order valence-electron chi connectivity index (χ3n) is 1.87. The molecule has 0 fully saturated rings. The van der Waals surface area contributed by atoms with Crippen molar-refractivity contribution in [3.63, 3.8) is 0 Å². The molecule has 6 heteroatoms. The van der Waals surface area contributed by atoms with Gasteiger partial charge in [0.1, 0.15) is 0 Å². The van der Waals surface area contributed by atoms with E-state index in [-0.39, 0.29) is 11.3 Å². The normalized spacial score (nSPS) is 11.5. The zero-order chi connectivity index (χ0) is 11.4. The predicted octanol–water partition coefficient (Wildman–Crippen LogP) is -0.0381. The smallest absolute Gasteiger partial charge is 0.337 e. The Kier molecular flexibility index (Phi) is 3.23. The van der Waals surface area contributed by atoms with Crippen LogP contribution in [0.2, 0.25) is 0 Å². The third-order valence-corrected chi connectivity index (χ3v) is 1.87. The van der Waals surface area contributed by atoms with Gasteiger partial charge in [-0.15, -0.1) is 0 Å². The molecule has 0 saturated heterocycles. The molecular formula is C9H9N3O3. The number of anilines is 1. The van der Waals surface area contributed by atoms with E-state index in [0.29, 0.717) is 5.56 Å². The Balaban J connectivity index is 3.20. The van der Waals surface area contributed by atoms with Gasteiger partial charge in [-0.05, 0) is 12.1 Å². The van der Waals surface area contributed by atoms with Crippen LogP contribution in [0.1, 0.15) is 17.2 Å². The van der Waals surface area contributed by atoms with Crippen molar-refractivity contribution in [1.29, 1.82) is 5.26 Å². The average molecular weight is 207 g/mol. The molecule has 0 bridgehead atoms. The number of hydrogen-bond acceptors (Lipinski definition) is 5. The molecule has 78 valence electrons. The summed E-state index contributed by atoms with van der Waals surface area (Å²) in [7, 11) is 0. The quantitative estimate of drug-likeness (QED) is 0.408. The largest absolute Gasteiger partial charge is 0.479 e. The van der Waals surface area contributed by atoms with Crippen LogP contribution in [0.5, 0.6) is 0 Å². The highest BCUT2D eigenvalue weighted by Crippen LogP contribution is 2.23. The first kappa shape index (κ1) is 11.0. The minimum Gasteiger partial charge on any atom is -0.479 e. The molecule has 0 aliphatic rings. The fourth-order valence-corrected chi connectivity index (χ4v) is 1.12. The van der Waals surface area contributed by atoms with Gasteiger partial charge >= 0.3 is 5.97 Å². The number of aliphatic carboxylic acids is 1. The first-order valence-corrected chi connectivity index (χ1v) is 4.01. The maximum Gasteiger partial charge on any atom is 0.337 e. The molecule has 5 N–H and O–H groups in total. The summed E-state index contributed by atoms with van der Waals surface area (Å²) in [6, 6.07) is 5.98. The first-order valence-electron chi connectivity index (χ1n) is 4.01. The van der Waals surface area contributed by atoms with E-state index in [4.69, 9.17) is 16.2 Å². The molecule has 0 aromatic heterocycles. The first-order chi connectivity index (χ1) is 7.10. The monoisotopic (exact) mass is 207 g/mol. The van der Waals surface area contributed by atoms with Crippen LogP contribution in [0.3, 0.4) is 0 Å². The van der Waals surface area contributed by atoms with Gasteiger partial charge in [0.25, 0.3) is 0 Å². The van der Waals surface area contributed by atoms with E-state index >= 15 is 0 Å². The van der Waals surface area contributed by atoms with E-state index in [0.717, 1.165) is 0 Å². The number of aliphatic hydroxyl groups is 1. The molecule has 0 heterocycles. The van der Waals surface area contributed by atoms with Crippen LogP contribution in [-0.4, -0.2) is 16.2 Å². The molecule has 1 unspecified atom stereocenters. The second-order valence-corrected chi connectivity index (χ2v) is 2.80. The number of nitrogens with zero attached hydrogens (tertiary/aromatic N) is 1. The second kappa shape index (κ2) is 4.41. The summed E-state index contributed by atoms with van der Waals surface area (Å²) in [5.74, 6) is 3.77. The number of aliphatic hydroxyl groups excluding tert-OH is 1. The lowest BCUT2D eigenvalue weighted by Crippen LogP contribution is -2.16. The zero-order valence-electron chi connectivity index (χ0n) is 7.64. The number of nitrogens with one attached hydrogen (secondary N) is 1. The zero-order valence-corrected chi connectivity index (χ0v) is 7.64. The molecule has 6 nitrogen and oxygen atoms in total. The Hall–Kier alpha value is -2.10. The molecule has 1 aromatic carbocycles. The van der Waals surface area contributed by atoms with Gasteiger partial charge in [0.2, 0.25) is 0 Å². The topological polar surface area (TPSA) is 119 Å². The summed E-state index contributed by atoms with van der Waals surface area (Å²) < 4.78 is 0. The number of carboxylic acid groups (broad SMARTS) is 1. The van der Waals surface area contributed by atoms with Gasteiger partial charge < -0.3 is 15.6 Å². The number of carboxylic acids is 1. The third kappa shape index (κ3) is 2.22. The molecule has 1 rings (SSSR count). The number of nitrogen functional groups attached to an aromatic ring is 1. The molecule has 0 amide bonds. The highest BCUT2D eigenvalue weighted by Gasteiger charge is 2.19. The molecule has 1 aromatic rings. The van der Waals surface area contributed by atoms with E-state index in [1.807, 2.05) is 6.07 Å². The maximum absolute atomic E-state index is 10.5. The van der Waals surface area contributed by atoms with Crippen LogP contribution in [0, 0.1) is 11.3 Å². The Morgan fingerprint density at radius 2 is 2.27 bits per heavy atom. The average Bonchev–Trinajstić information content (AvgIpc) is 2.27. The fraction of sp³-hybridized carbons (Fsp3) is 0.111. The van der Waals surface area contributed by atoms with Gasteiger partial charge in [0.15, 0.2) is 6.10 Å². The van der Waals surface area contributed by atoms with E-state index in [9.17, 15) is 9.90 Å². The number of benzene rings is 1. The van der Waals surface area contributed by atoms with Crippen LogP contribution in [-0.2, 0) is 4.79 Å². The van der Waals surface area contributed by atoms with Gasteiger partial charge in [-0.25, -0.2) is 4.79 Å². The van der Waals surface area contributed by atoms with Crippen molar-refractivity contribution < 1.29 is 15.0 Å². The van der Waals surface area contributed by atoms with Crippen molar-refractivity contribution in [3.8, 4) is 6.07 Å². The van der Waals surface area contributed by atoms with Crippen LogP contribution in [0.15, 0.2) is 18.2 Å². The molecular weight excluding hydrogens is 198 g/mol. The van der Waals surface area contributed by atoms with Crippen LogP contribution in [0.25, 0.3) is 0 Å². The number of nitriles is 1. The summed E-state index contributed by atoms with van der Waals surface area (Å²) >= 11 is 0. The summed E-state index contributed by atoms with van der Waals surface area (Å²) in [6.45, 7) is 0. The lowest BCUT2D eigenvalue weighted by molar-refractivity contribution is -0.146. The highest BCUT2D eigenvalue weighted by molar-refractivity contribution is 5.77. The minimum atomic E-state index is -1.66. The van der Waals surface area contributed by atoms with Gasteiger partial charge in [-0.1, -0.05) is 6.07 Å². The predicted molar refractivity (Wildman–Crippen MR) is 51.6 cm³/mol. The molecule has 0 aliphatic carbocycles. The molecule has 1 atom stereocenters. The van der Waals surface area contributed by atoms with Crippen molar-refractivity contribution in [2.24, 2.45) is 5.84 Å². The summed E-state index contributed by atoms with van der Waals surface area (Å²) in [6.07, 6.45) is -1.66. The van der Waals surface area contributed by atoms with E-state index < -0.39 is 12.1 Å². The molecule has 0 aliphatic heterocycles. The van der Waals surface area contributed by atoms with Crippen molar-refractivity contribution >= 4 is 11.7 Å². The SMILES string of the molecule is N#Cc1ccc(C(O)C(=O)O)c(NN)c1. The summed E-state index contributed by atoms with van der Waals surface area (Å²) in [4.78, 5) is 10.5. The molecule has 0 saturated carbocycles. The van der Waals surface area contributed by atoms with Crippen molar-refractivity contribution in [3.05, 3.63) is 29.3 Å². The van der Waals surface area contributed by atoms with Crippen molar-refractivity contribution in [2.75, 3.05) is 5.43 Å². The van der Waals surface area contributed by atoms with E-state index in [2.05, 4.69) is 5.43 Å². The lowest BCUT2D eigenvalue weighted by Gasteiger charge is -2.11. The fourth-order valence-electron chi connectivity index (χ4n) is 1.12. The Morgan fingerprint density at radius 3 is 2.73 bits per heavy atom. The number of carbonyl (C=O) groups is 1. The van der Waals surface area contributed by atoms with Gasteiger partial charge in [0, 0.05) is 5.56 Å². The Morgan fingerprint density at radius 1 is 1.60 bits per heavy atom. The van der Waals surface area contributed by atoms with Gasteiger partial charge in [0.05, 0.1) is 17.3 Å². The maximum atomic E-state index is 10.5. The summed E-state index contributed by atoms with van der Waals surface area (Å²) in [5.41, 5.74) is 2.88. The summed E-state index contributed by atoms with van der Waals surface area (Å²) in [5, 5.41) is 26.5. The van der Waals surface area contributed by atoms with E-state index in [1.54, 1.807) is 0 Å². The van der Waals surface area contributed by atoms with Crippen LogP contribution >= 0.6 is 0 Å². The lowest BCUT2D eigenvalue weighted by atomic mass is 10.0. The second-order valence-electron chi connectivity index (χ2n) is 2.80. The van der Waals surface area contributed by atoms with E-state index in [1.165, 1.54) is 18.2 Å². The molecule has 0 spiro atoms. The van der Waals surface area contributed by atoms with Gasteiger partial charge in [-0.3, -0.25) is 5.84 Å². The number of rotatable bonds is 3. The minimum absolute atomic E-state index is 0.115. The number of nitrogens with two attached hydrogens (primary N) is 1. The van der Waals surface area contributed by atoms with Crippen molar-refractivity contribution in [1.82, 2.24) is 0 Å². The van der Waals surface area contributed by atoms with Crippen molar-refractivity contribution in [2.45, 2.75) is 6.10 Å². The van der Waals surface area contributed by atoms with Crippen LogP contribution in [0.4, 0.5) is 5.69 Å². The molecule has 15 heavy (non-hydrogen) atoms. The number of hydrazine groups is 1. The number of hydrogen-bond donors (Lipinski definition) is 4. The highest BCUT2D eigenvalue weighted by atomic mass is 16.4. The molecule has 0 radical (unpaired) electrons. The Labute approximate surface area is 85.5 Å². The standard InChI is InChI=1S/C9H9N3O3/c10-4-5-1-2-6(7(3-5)12-11)8(13)9(14)15/h1-3,8,12-13H,11H2,(H,14,15). The Bertz CT molecular complexity index is 425. The van der Waals surface area contributed by atoms with Gasteiger partial charge in [-0.2, -0.15) is 5.26 Å².